The summed E-state index contributed by atoms with van der Waals surface area (Å²) in [6.07, 6.45) is 9.12. The third kappa shape index (κ3) is 1.13. The van der Waals surface area contributed by atoms with E-state index >= 15 is 0 Å². The second-order valence-electron chi connectivity index (χ2n) is 7.51. The second kappa shape index (κ2) is 3.53. The predicted octanol–water partition coefficient (Wildman–Crippen LogP) is 1.95. The molecule has 1 spiro atoms. The van der Waals surface area contributed by atoms with Gasteiger partial charge >= 0.3 is 0 Å². The van der Waals surface area contributed by atoms with Crippen LogP contribution in [0.25, 0.3) is 0 Å². The Bertz CT molecular complexity index is 417. The zero-order chi connectivity index (χ0) is 12.7. The molecule has 6 rings (SSSR count). The minimum Gasteiger partial charge on any atom is -0.630 e. The van der Waals surface area contributed by atoms with Gasteiger partial charge in [-0.3, -0.25) is 5.32 Å². The molecule has 4 heteroatoms. The molecule has 1 N–H and O–H groups in total. The Morgan fingerprint density at radius 2 is 2.11 bits per heavy atom. The van der Waals surface area contributed by atoms with E-state index in [1.807, 2.05) is 0 Å². The Balaban J connectivity index is 1.70. The Hall–Kier alpha value is -0.160. The molecular formula is C15H24N2O2. The van der Waals surface area contributed by atoms with Crippen LogP contribution in [-0.2, 0) is 4.74 Å². The lowest BCUT2D eigenvalue weighted by molar-refractivity contribution is -0.995. The topological polar surface area (TPSA) is 44.3 Å². The van der Waals surface area contributed by atoms with Gasteiger partial charge in [0.15, 0.2) is 12.4 Å². The van der Waals surface area contributed by atoms with E-state index in [-0.39, 0.29) is 22.5 Å². The van der Waals surface area contributed by atoms with Crippen LogP contribution in [0.15, 0.2) is 0 Å². The number of rotatable bonds is 0. The minimum atomic E-state index is -0.0579. The van der Waals surface area contributed by atoms with E-state index < -0.39 is 0 Å². The minimum absolute atomic E-state index is 0.0403. The van der Waals surface area contributed by atoms with Crippen molar-refractivity contribution >= 4 is 0 Å². The number of quaternary nitrogens is 1. The van der Waals surface area contributed by atoms with Gasteiger partial charge in [-0.2, -0.15) is 0 Å². The van der Waals surface area contributed by atoms with Gasteiger partial charge in [-0.25, -0.2) is 0 Å². The first-order chi connectivity index (χ1) is 9.27. The highest BCUT2D eigenvalue weighted by molar-refractivity contribution is 5.12. The molecule has 6 fully saturated rings. The van der Waals surface area contributed by atoms with Crippen molar-refractivity contribution in [1.29, 1.82) is 0 Å². The first-order valence-electron chi connectivity index (χ1n) is 8.24. The molecule has 1 aliphatic carbocycles. The van der Waals surface area contributed by atoms with E-state index in [1.165, 1.54) is 38.5 Å². The van der Waals surface area contributed by atoms with E-state index in [1.54, 1.807) is 0 Å². The molecule has 0 aromatic rings. The maximum Gasteiger partial charge on any atom is 0.197 e. The van der Waals surface area contributed by atoms with E-state index in [4.69, 9.17) is 4.74 Å². The molecule has 106 valence electrons. The van der Waals surface area contributed by atoms with Gasteiger partial charge in [0, 0.05) is 12.5 Å². The van der Waals surface area contributed by atoms with Crippen molar-refractivity contribution in [2.24, 2.45) is 17.3 Å². The summed E-state index contributed by atoms with van der Waals surface area (Å²) in [5.41, 5.74) is 0.179. The highest BCUT2D eigenvalue weighted by atomic mass is 16.6. The van der Waals surface area contributed by atoms with Crippen LogP contribution in [0.4, 0.5) is 0 Å². The van der Waals surface area contributed by atoms with Gasteiger partial charge in [-0.1, -0.05) is 6.42 Å². The van der Waals surface area contributed by atoms with E-state index in [2.05, 4.69) is 5.32 Å². The van der Waals surface area contributed by atoms with Gasteiger partial charge in [0.25, 0.3) is 0 Å². The van der Waals surface area contributed by atoms with Gasteiger partial charge in [-0.15, -0.1) is 0 Å². The maximum absolute atomic E-state index is 13.5. The van der Waals surface area contributed by atoms with Crippen LogP contribution in [0, 0.1) is 22.5 Å². The van der Waals surface area contributed by atoms with Gasteiger partial charge in [0.2, 0.25) is 0 Å². The Morgan fingerprint density at radius 1 is 1.16 bits per heavy atom. The molecule has 0 radical (unpaired) electrons. The van der Waals surface area contributed by atoms with Crippen molar-refractivity contribution in [3.8, 4) is 0 Å². The van der Waals surface area contributed by atoms with Gasteiger partial charge < -0.3 is 14.6 Å². The number of hydrogen-bond acceptors (Lipinski definition) is 3. The number of nitrogens with one attached hydrogen (secondary N) is 1. The molecule has 6 aliphatic rings. The van der Waals surface area contributed by atoms with Crippen LogP contribution in [0.1, 0.15) is 44.9 Å². The molecule has 7 atom stereocenters. The summed E-state index contributed by atoms with van der Waals surface area (Å²) in [6.45, 7) is 1.81. The molecule has 6 bridgehead atoms. The molecule has 19 heavy (non-hydrogen) atoms. The van der Waals surface area contributed by atoms with Crippen molar-refractivity contribution in [2.75, 3.05) is 13.1 Å². The first kappa shape index (κ1) is 11.5. The van der Waals surface area contributed by atoms with Gasteiger partial charge in [-0.05, 0) is 44.4 Å². The third-order valence-electron chi connectivity index (χ3n) is 7.00. The van der Waals surface area contributed by atoms with E-state index in [0.29, 0.717) is 12.0 Å². The van der Waals surface area contributed by atoms with E-state index in [0.717, 1.165) is 25.4 Å². The lowest BCUT2D eigenvalue weighted by Gasteiger charge is -2.76. The van der Waals surface area contributed by atoms with Crippen LogP contribution >= 0.6 is 0 Å². The highest BCUT2D eigenvalue weighted by Crippen LogP contribution is 2.66. The molecule has 1 saturated carbocycles. The van der Waals surface area contributed by atoms with Crippen molar-refractivity contribution in [3.63, 3.8) is 0 Å². The Labute approximate surface area is 114 Å². The fraction of sp³-hybridized carbons (Fsp3) is 1.00. The van der Waals surface area contributed by atoms with Crippen LogP contribution in [0.2, 0.25) is 0 Å². The fourth-order valence-electron chi connectivity index (χ4n) is 6.57. The number of piperidine rings is 3. The van der Waals surface area contributed by atoms with Crippen LogP contribution in [0.3, 0.4) is 0 Å². The van der Waals surface area contributed by atoms with Crippen LogP contribution in [-0.4, -0.2) is 36.2 Å². The first-order valence-corrected chi connectivity index (χ1v) is 8.24. The predicted molar refractivity (Wildman–Crippen MR) is 70.7 cm³/mol. The number of hydrogen-bond donors (Lipinski definition) is 1. The summed E-state index contributed by atoms with van der Waals surface area (Å²) < 4.78 is 6.35. The summed E-state index contributed by atoms with van der Waals surface area (Å²) in [5, 5.41) is 17.1. The van der Waals surface area contributed by atoms with Crippen LogP contribution in [0.5, 0.6) is 0 Å². The molecular weight excluding hydrogens is 240 g/mol. The molecule has 0 aromatic carbocycles. The van der Waals surface area contributed by atoms with Crippen LogP contribution < -0.4 is 5.32 Å². The summed E-state index contributed by atoms with van der Waals surface area (Å²) in [4.78, 5) is 0. The Morgan fingerprint density at radius 3 is 3.05 bits per heavy atom. The number of nitrogens with zero attached hydrogens (tertiary/aromatic N) is 1. The summed E-state index contributed by atoms with van der Waals surface area (Å²) in [7, 11) is 0. The standard InChI is InChI=1S/C15H24N2O2/c18-17-9-2-4-10-11-5-1-6-12(19-13(10)17)15(11)7-3-8-16-14(15)17/h10-14,16H,1-9H2. The SMILES string of the molecule is [O-][N+]12CCCC3C4CCCC(OC31)C41CCCNC12. The normalized spacial score (nSPS) is 62.7. The summed E-state index contributed by atoms with van der Waals surface area (Å²) in [5.74, 6) is 1.32. The monoisotopic (exact) mass is 264 g/mol. The second-order valence-corrected chi connectivity index (χ2v) is 7.51. The van der Waals surface area contributed by atoms with Gasteiger partial charge in [0.1, 0.15) is 0 Å². The lowest BCUT2D eigenvalue weighted by atomic mass is 9.50. The van der Waals surface area contributed by atoms with Crippen molar-refractivity contribution < 1.29 is 9.38 Å². The van der Waals surface area contributed by atoms with E-state index in [9.17, 15) is 5.21 Å². The fourth-order valence-corrected chi connectivity index (χ4v) is 6.57. The quantitative estimate of drug-likeness (QED) is 0.537. The van der Waals surface area contributed by atoms with Gasteiger partial charge in [0.05, 0.1) is 18.1 Å². The van der Waals surface area contributed by atoms with Crippen molar-refractivity contribution in [1.82, 2.24) is 5.32 Å². The molecule has 7 unspecified atom stereocenters. The van der Waals surface area contributed by atoms with Crippen molar-refractivity contribution in [3.05, 3.63) is 5.21 Å². The average molecular weight is 264 g/mol. The third-order valence-corrected chi connectivity index (χ3v) is 7.00. The molecule has 4 nitrogen and oxygen atoms in total. The number of ether oxygens (including phenoxy) is 1. The van der Waals surface area contributed by atoms with Crippen molar-refractivity contribution in [2.45, 2.75) is 63.4 Å². The lowest BCUT2D eigenvalue weighted by Crippen LogP contribution is -2.86. The largest absolute Gasteiger partial charge is 0.630 e. The molecule has 5 saturated heterocycles. The molecule has 5 heterocycles. The summed E-state index contributed by atoms with van der Waals surface area (Å²) in [6, 6.07) is 0. The average Bonchev–Trinajstić information content (AvgIpc) is 2.40. The zero-order valence-corrected chi connectivity index (χ0v) is 11.5. The molecule has 5 aliphatic heterocycles. The molecule has 0 amide bonds. The zero-order valence-electron chi connectivity index (χ0n) is 11.5. The number of hydroxylamine groups is 3. The highest BCUT2D eigenvalue weighted by Gasteiger charge is 2.73. The molecule has 0 aromatic heterocycles. The maximum atomic E-state index is 13.5. The Kier molecular flexibility index (Phi) is 2.14. The smallest absolute Gasteiger partial charge is 0.197 e. The summed E-state index contributed by atoms with van der Waals surface area (Å²) >= 11 is 0.